The summed E-state index contributed by atoms with van der Waals surface area (Å²) in [5.74, 6) is 0.876. The van der Waals surface area contributed by atoms with Crippen LogP contribution in [0.1, 0.15) is 43.7 Å². The summed E-state index contributed by atoms with van der Waals surface area (Å²) in [5.41, 5.74) is 2.52. The maximum absolute atomic E-state index is 12.2. The van der Waals surface area contributed by atoms with E-state index in [4.69, 9.17) is 0 Å². The highest BCUT2D eigenvalue weighted by Gasteiger charge is 2.31. The number of carbonyl (C=O) groups is 1. The highest BCUT2D eigenvalue weighted by molar-refractivity contribution is 9.09. The van der Waals surface area contributed by atoms with Gasteiger partial charge < -0.3 is 5.32 Å². The molecule has 1 N–H and O–H groups in total. The van der Waals surface area contributed by atoms with Crippen LogP contribution in [0.25, 0.3) is 0 Å². The molecule has 0 bridgehead atoms. The summed E-state index contributed by atoms with van der Waals surface area (Å²) in [6.45, 7) is 5.13. The van der Waals surface area contributed by atoms with E-state index in [9.17, 15) is 4.79 Å². The lowest BCUT2D eigenvalue weighted by Crippen LogP contribution is -2.39. The third kappa shape index (κ3) is 3.19. The van der Waals surface area contributed by atoms with Crippen LogP contribution in [0.4, 0.5) is 0 Å². The first-order valence-corrected chi connectivity index (χ1v) is 8.08. The molecule has 104 valence electrons. The topological polar surface area (TPSA) is 29.1 Å². The fourth-order valence-corrected chi connectivity index (χ4v) is 3.69. The van der Waals surface area contributed by atoms with Crippen LogP contribution in [0, 0.1) is 5.92 Å². The van der Waals surface area contributed by atoms with Gasteiger partial charge in [0.25, 0.3) is 0 Å². The van der Waals surface area contributed by atoms with Gasteiger partial charge in [0.2, 0.25) is 5.91 Å². The average Bonchev–Trinajstić information content (AvgIpc) is 2.39. The number of carbonyl (C=O) groups excluding carboxylic acids is 1. The summed E-state index contributed by atoms with van der Waals surface area (Å²) >= 11 is 3.70. The van der Waals surface area contributed by atoms with Crippen molar-refractivity contribution in [3.05, 3.63) is 35.4 Å². The van der Waals surface area contributed by atoms with E-state index in [1.54, 1.807) is 0 Å². The zero-order valence-corrected chi connectivity index (χ0v) is 13.2. The van der Waals surface area contributed by atoms with Crippen LogP contribution in [0.3, 0.4) is 0 Å². The van der Waals surface area contributed by atoms with Crippen molar-refractivity contribution in [1.29, 1.82) is 0 Å². The fourth-order valence-electron chi connectivity index (χ4n) is 2.78. The molecule has 0 heterocycles. The Balaban J connectivity index is 1.84. The summed E-state index contributed by atoms with van der Waals surface area (Å²) in [4.78, 5) is 12.5. The van der Waals surface area contributed by atoms with Crippen molar-refractivity contribution in [2.45, 2.75) is 43.9 Å². The molecule has 0 aromatic heterocycles. The van der Waals surface area contributed by atoms with Crippen molar-refractivity contribution in [1.82, 2.24) is 5.32 Å². The van der Waals surface area contributed by atoms with Gasteiger partial charge in [-0.1, -0.05) is 66.9 Å². The quantitative estimate of drug-likeness (QED) is 0.795. The second-order valence-electron chi connectivity index (χ2n) is 5.29. The zero-order chi connectivity index (χ0) is 13.8. The second-order valence-corrected chi connectivity index (χ2v) is 6.47. The molecule has 0 spiro atoms. The number of amides is 1. The number of rotatable bonds is 6. The minimum absolute atomic E-state index is 0.0672. The molecule has 0 saturated carbocycles. The highest BCUT2D eigenvalue weighted by atomic mass is 79.9. The van der Waals surface area contributed by atoms with Gasteiger partial charge in [0, 0.05) is 11.4 Å². The van der Waals surface area contributed by atoms with E-state index in [0.29, 0.717) is 10.7 Å². The Morgan fingerprint density at radius 2 is 2.05 bits per heavy atom. The van der Waals surface area contributed by atoms with Crippen molar-refractivity contribution in [3.8, 4) is 0 Å². The maximum Gasteiger partial charge on any atom is 0.227 e. The van der Waals surface area contributed by atoms with Gasteiger partial charge in [-0.15, -0.1) is 0 Å². The summed E-state index contributed by atoms with van der Waals surface area (Å²) < 4.78 is 0. The van der Waals surface area contributed by atoms with Gasteiger partial charge in [-0.25, -0.2) is 0 Å². The zero-order valence-electron chi connectivity index (χ0n) is 11.7. The van der Waals surface area contributed by atoms with E-state index < -0.39 is 0 Å². The van der Waals surface area contributed by atoms with E-state index in [2.05, 4.69) is 47.2 Å². The van der Waals surface area contributed by atoms with E-state index in [1.807, 2.05) is 12.1 Å². The normalized spacial score (nSPS) is 18.6. The maximum atomic E-state index is 12.2. The van der Waals surface area contributed by atoms with E-state index >= 15 is 0 Å². The Bertz CT molecular complexity index is 442. The minimum Gasteiger partial charge on any atom is -0.354 e. The Labute approximate surface area is 124 Å². The van der Waals surface area contributed by atoms with Crippen molar-refractivity contribution in [2.24, 2.45) is 5.92 Å². The molecule has 0 radical (unpaired) electrons. The number of fused-ring (bicyclic) bond motifs is 1. The van der Waals surface area contributed by atoms with Crippen LogP contribution < -0.4 is 5.32 Å². The number of benzene rings is 1. The van der Waals surface area contributed by atoms with Gasteiger partial charge in [-0.05, 0) is 23.5 Å². The largest absolute Gasteiger partial charge is 0.354 e. The average molecular weight is 324 g/mol. The predicted molar refractivity (Wildman–Crippen MR) is 82.7 cm³/mol. The molecule has 1 aromatic rings. The van der Waals surface area contributed by atoms with Gasteiger partial charge in [0.05, 0.1) is 5.92 Å². The van der Waals surface area contributed by atoms with Crippen LogP contribution in [-0.4, -0.2) is 17.3 Å². The molecule has 1 aliphatic rings. The number of alkyl halides is 1. The molecule has 0 saturated heterocycles. The molecule has 2 unspecified atom stereocenters. The predicted octanol–water partition coefficient (Wildman–Crippen LogP) is 3.64. The summed E-state index contributed by atoms with van der Waals surface area (Å²) in [6, 6.07) is 8.22. The molecule has 19 heavy (non-hydrogen) atoms. The highest BCUT2D eigenvalue weighted by Crippen LogP contribution is 2.34. The number of hydrogen-bond donors (Lipinski definition) is 1. The first-order valence-electron chi connectivity index (χ1n) is 7.16. The Hall–Kier alpha value is -0.830. The number of nitrogens with one attached hydrogen (secondary N) is 1. The summed E-state index contributed by atoms with van der Waals surface area (Å²) in [7, 11) is 0. The summed E-state index contributed by atoms with van der Waals surface area (Å²) in [6.07, 6.45) is 3.18. The van der Waals surface area contributed by atoms with Gasteiger partial charge >= 0.3 is 0 Å². The Morgan fingerprint density at radius 3 is 2.68 bits per heavy atom. The van der Waals surface area contributed by atoms with Crippen LogP contribution in [0.2, 0.25) is 0 Å². The van der Waals surface area contributed by atoms with Crippen LogP contribution in [-0.2, 0) is 11.2 Å². The first kappa shape index (κ1) is 14.6. The monoisotopic (exact) mass is 323 g/mol. The fraction of sp³-hybridized carbons (Fsp3) is 0.562. The molecular weight excluding hydrogens is 302 g/mol. The molecule has 2 nitrogen and oxygen atoms in total. The Kier molecular flexibility index (Phi) is 5.03. The Morgan fingerprint density at radius 1 is 1.37 bits per heavy atom. The van der Waals surface area contributed by atoms with Gasteiger partial charge in [-0.2, -0.15) is 0 Å². The summed E-state index contributed by atoms with van der Waals surface area (Å²) in [5, 5.41) is 3.09. The lowest BCUT2D eigenvalue weighted by atomic mass is 9.77. The number of halogens is 1. The standard InChI is InChI=1S/C16H22BrNO/c1-3-11(4-2)15(17)10-18-16(19)14-9-12-7-5-6-8-13(12)14/h5-8,11,14-15H,3-4,9-10H2,1-2H3,(H,18,19). The van der Waals surface area contributed by atoms with Crippen molar-refractivity contribution in [3.63, 3.8) is 0 Å². The van der Waals surface area contributed by atoms with Crippen molar-refractivity contribution < 1.29 is 4.79 Å². The third-order valence-corrected chi connectivity index (χ3v) is 5.27. The van der Waals surface area contributed by atoms with E-state index in [-0.39, 0.29) is 11.8 Å². The molecule has 0 fully saturated rings. The van der Waals surface area contributed by atoms with Crippen LogP contribution in [0.15, 0.2) is 24.3 Å². The van der Waals surface area contributed by atoms with E-state index in [1.165, 1.54) is 11.1 Å². The van der Waals surface area contributed by atoms with Gasteiger partial charge in [0.15, 0.2) is 0 Å². The van der Waals surface area contributed by atoms with Crippen LogP contribution >= 0.6 is 15.9 Å². The van der Waals surface area contributed by atoms with Crippen molar-refractivity contribution in [2.75, 3.05) is 6.54 Å². The van der Waals surface area contributed by atoms with Gasteiger partial charge in [0.1, 0.15) is 0 Å². The lowest BCUT2D eigenvalue weighted by molar-refractivity contribution is -0.123. The van der Waals surface area contributed by atoms with Crippen molar-refractivity contribution >= 4 is 21.8 Å². The number of hydrogen-bond acceptors (Lipinski definition) is 1. The molecule has 1 aliphatic carbocycles. The molecule has 3 heteroatoms. The third-order valence-electron chi connectivity index (χ3n) is 4.20. The molecular formula is C16H22BrNO. The second kappa shape index (κ2) is 6.56. The van der Waals surface area contributed by atoms with Crippen LogP contribution in [0.5, 0.6) is 0 Å². The van der Waals surface area contributed by atoms with E-state index in [0.717, 1.165) is 25.8 Å². The molecule has 1 aromatic carbocycles. The van der Waals surface area contributed by atoms with Gasteiger partial charge in [-0.3, -0.25) is 4.79 Å². The molecule has 0 aliphatic heterocycles. The minimum atomic E-state index is 0.0672. The smallest absolute Gasteiger partial charge is 0.227 e. The molecule has 2 rings (SSSR count). The molecule has 1 amide bonds. The SMILES string of the molecule is CCC(CC)C(Br)CNC(=O)C1Cc2ccccc21. The lowest BCUT2D eigenvalue weighted by Gasteiger charge is -2.29. The molecule has 2 atom stereocenters. The first-order chi connectivity index (χ1) is 9.17.